The Balaban J connectivity index is 1.97. The Hall–Kier alpha value is -4.13. The molecule has 3 aromatic rings. The SMILES string of the molecule is CCOc1ccc(/C(O)=C2\C(=O)C(=O)N(c3cccc(C)c3)C2c2ccccc2F)c(OCC)c1. The molecule has 1 aliphatic rings. The quantitative estimate of drug-likeness (QED) is 0.275. The third-order valence-electron chi connectivity index (χ3n) is 5.74. The van der Waals surface area contributed by atoms with Crippen molar-refractivity contribution in [3.8, 4) is 11.5 Å². The highest BCUT2D eigenvalue weighted by atomic mass is 19.1. The highest BCUT2D eigenvalue weighted by molar-refractivity contribution is 6.51. The van der Waals surface area contributed by atoms with Gasteiger partial charge in [0.25, 0.3) is 11.7 Å². The van der Waals surface area contributed by atoms with Crippen LogP contribution < -0.4 is 14.4 Å². The van der Waals surface area contributed by atoms with Crippen molar-refractivity contribution < 1.29 is 28.6 Å². The topological polar surface area (TPSA) is 76.1 Å². The van der Waals surface area contributed by atoms with E-state index in [0.717, 1.165) is 5.56 Å². The smallest absolute Gasteiger partial charge is 0.300 e. The third-order valence-corrected chi connectivity index (χ3v) is 5.74. The normalized spacial score (nSPS) is 17.0. The molecule has 1 atom stereocenters. The Labute approximate surface area is 203 Å². The fourth-order valence-corrected chi connectivity index (χ4v) is 4.24. The molecule has 1 heterocycles. The van der Waals surface area contributed by atoms with Crippen molar-refractivity contribution in [1.29, 1.82) is 0 Å². The van der Waals surface area contributed by atoms with Crippen molar-refractivity contribution >= 4 is 23.1 Å². The van der Waals surface area contributed by atoms with Crippen LogP contribution in [0.1, 0.15) is 36.6 Å². The molecule has 1 unspecified atom stereocenters. The molecule has 1 N–H and O–H groups in total. The molecular weight excluding hydrogens is 449 g/mol. The zero-order chi connectivity index (χ0) is 25.1. The number of Topliss-reactive ketones (excluding diaryl/α,β-unsaturated/α-hetero) is 1. The van der Waals surface area contributed by atoms with Crippen molar-refractivity contribution in [2.75, 3.05) is 18.1 Å². The average Bonchev–Trinajstić information content (AvgIpc) is 3.10. The van der Waals surface area contributed by atoms with Gasteiger partial charge in [0.2, 0.25) is 0 Å². The number of hydrogen-bond acceptors (Lipinski definition) is 5. The van der Waals surface area contributed by atoms with E-state index in [2.05, 4.69) is 0 Å². The Morgan fingerprint density at radius 1 is 0.971 bits per heavy atom. The lowest BCUT2D eigenvalue weighted by Crippen LogP contribution is -2.29. The monoisotopic (exact) mass is 475 g/mol. The first kappa shape index (κ1) is 24.0. The van der Waals surface area contributed by atoms with E-state index < -0.39 is 29.3 Å². The van der Waals surface area contributed by atoms with Crippen LogP contribution in [-0.2, 0) is 9.59 Å². The highest BCUT2D eigenvalue weighted by Gasteiger charge is 2.48. The van der Waals surface area contributed by atoms with E-state index in [1.165, 1.54) is 23.1 Å². The van der Waals surface area contributed by atoms with Crippen molar-refractivity contribution in [3.63, 3.8) is 0 Å². The largest absolute Gasteiger partial charge is 0.507 e. The summed E-state index contributed by atoms with van der Waals surface area (Å²) in [6, 6.07) is 16.6. The van der Waals surface area contributed by atoms with Gasteiger partial charge in [0.05, 0.1) is 30.4 Å². The standard InChI is InChI=1S/C28H26FNO5/c1-4-34-19-13-14-21(23(16-19)35-5-2)26(31)24-25(20-11-6-7-12-22(20)29)30(28(33)27(24)32)18-10-8-9-17(3)15-18/h6-16,25,31H,4-5H2,1-3H3/b26-24+. The van der Waals surface area contributed by atoms with Crippen LogP contribution in [0, 0.1) is 12.7 Å². The molecule has 0 radical (unpaired) electrons. The number of aliphatic hydroxyl groups is 1. The summed E-state index contributed by atoms with van der Waals surface area (Å²) in [5, 5.41) is 11.4. The maximum atomic E-state index is 15.0. The van der Waals surface area contributed by atoms with Gasteiger partial charge in [-0.05, 0) is 56.7 Å². The number of anilines is 1. The second kappa shape index (κ2) is 10.0. The number of carbonyl (C=O) groups is 2. The number of benzene rings is 3. The minimum absolute atomic E-state index is 0.0960. The summed E-state index contributed by atoms with van der Waals surface area (Å²) < 4.78 is 26.3. The first-order valence-electron chi connectivity index (χ1n) is 11.4. The van der Waals surface area contributed by atoms with Crippen LogP contribution in [-0.4, -0.2) is 30.0 Å². The molecule has 180 valence electrons. The summed E-state index contributed by atoms with van der Waals surface area (Å²) in [5.41, 5.74) is 1.38. The average molecular weight is 476 g/mol. The number of amides is 1. The molecule has 0 saturated carbocycles. The number of aliphatic hydroxyl groups excluding tert-OH is 1. The molecule has 3 aromatic carbocycles. The van der Waals surface area contributed by atoms with Gasteiger partial charge in [0.15, 0.2) is 0 Å². The van der Waals surface area contributed by atoms with Gasteiger partial charge < -0.3 is 14.6 Å². The molecule has 4 rings (SSSR count). The molecule has 0 spiro atoms. The molecule has 0 aliphatic carbocycles. The Morgan fingerprint density at radius 2 is 1.71 bits per heavy atom. The number of nitrogens with zero attached hydrogens (tertiary/aromatic N) is 1. The van der Waals surface area contributed by atoms with E-state index in [-0.39, 0.29) is 22.4 Å². The van der Waals surface area contributed by atoms with Gasteiger partial charge in [0, 0.05) is 17.3 Å². The number of hydrogen-bond donors (Lipinski definition) is 1. The van der Waals surface area contributed by atoms with Crippen molar-refractivity contribution in [3.05, 3.63) is 94.8 Å². The van der Waals surface area contributed by atoms with Crippen LogP contribution in [0.2, 0.25) is 0 Å². The number of ketones is 1. The summed E-state index contributed by atoms with van der Waals surface area (Å²) in [5.74, 6) is -2.00. The lowest BCUT2D eigenvalue weighted by atomic mass is 9.94. The highest BCUT2D eigenvalue weighted by Crippen LogP contribution is 2.44. The lowest BCUT2D eigenvalue weighted by molar-refractivity contribution is -0.132. The molecule has 0 bridgehead atoms. The molecule has 7 heteroatoms. The van der Waals surface area contributed by atoms with Crippen molar-refractivity contribution in [1.82, 2.24) is 0 Å². The van der Waals surface area contributed by atoms with Gasteiger partial charge in [-0.25, -0.2) is 4.39 Å². The van der Waals surface area contributed by atoms with Crippen LogP contribution in [0.3, 0.4) is 0 Å². The zero-order valence-corrected chi connectivity index (χ0v) is 19.7. The van der Waals surface area contributed by atoms with E-state index in [0.29, 0.717) is 24.7 Å². The maximum absolute atomic E-state index is 15.0. The summed E-state index contributed by atoms with van der Waals surface area (Å²) in [4.78, 5) is 27.8. The molecule has 35 heavy (non-hydrogen) atoms. The molecule has 1 fully saturated rings. The predicted molar refractivity (Wildman–Crippen MR) is 131 cm³/mol. The van der Waals surface area contributed by atoms with Crippen LogP contribution in [0.4, 0.5) is 10.1 Å². The minimum Gasteiger partial charge on any atom is -0.507 e. The fourth-order valence-electron chi connectivity index (χ4n) is 4.24. The molecule has 6 nitrogen and oxygen atoms in total. The number of ether oxygens (including phenoxy) is 2. The van der Waals surface area contributed by atoms with E-state index in [1.807, 2.05) is 19.9 Å². The van der Waals surface area contributed by atoms with Crippen LogP contribution in [0.5, 0.6) is 11.5 Å². The summed E-state index contributed by atoms with van der Waals surface area (Å²) in [6.07, 6.45) is 0. The zero-order valence-electron chi connectivity index (χ0n) is 19.7. The number of halogens is 1. The summed E-state index contributed by atoms with van der Waals surface area (Å²) in [6.45, 7) is 6.21. The number of carbonyl (C=O) groups excluding carboxylic acids is 2. The number of rotatable bonds is 7. The molecule has 1 amide bonds. The summed E-state index contributed by atoms with van der Waals surface area (Å²) in [7, 11) is 0. The molecular formula is C28H26FNO5. The van der Waals surface area contributed by atoms with Crippen molar-refractivity contribution in [2.24, 2.45) is 0 Å². The van der Waals surface area contributed by atoms with E-state index >= 15 is 4.39 Å². The Morgan fingerprint density at radius 3 is 2.40 bits per heavy atom. The van der Waals surface area contributed by atoms with Gasteiger partial charge in [-0.3, -0.25) is 14.5 Å². The van der Waals surface area contributed by atoms with Crippen LogP contribution in [0.15, 0.2) is 72.3 Å². The van der Waals surface area contributed by atoms with E-state index in [4.69, 9.17) is 9.47 Å². The molecule has 0 aromatic heterocycles. The van der Waals surface area contributed by atoms with Gasteiger partial charge in [-0.1, -0.05) is 30.3 Å². The second-order valence-electron chi connectivity index (χ2n) is 8.05. The Kier molecular flexibility index (Phi) is 6.87. The van der Waals surface area contributed by atoms with Crippen LogP contribution >= 0.6 is 0 Å². The van der Waals surface area contributed by atoms with Gasteiger partial charge >= 0.3 is 0 Å². The van der Waals surface area contributed by atoms with Gasteiger partial charge in [-0.2, -0.15) is 0 Å². The number of aryl methyl sites for hydroxylation is 1. The fraction of sp³-hybridized carbons (Fsp3) is 0.214. The van der Waals surface area contributed by atoms with Crippen molar-refractivity contribution in [2.45, 2.75) is 26.8 Å². The summed E-state index contributed by atoms with van der Waals surface area (Å²) >= 11 is 0. The van der Waals surface area contributed by atoms with Gasteiger partial charge in [0.1, 0.15) is 23.1 Å². The molecule has 1 aliphatic heterocycles. The van der Waals surface area contributed by atoms with E-state index in [9.17, 15) is 14.7 Å². The Bertz CT molecular complexity index is 1320. The second-order valence-corrected chi connectivity index (χ2v) is 8.05. The molecule has 1 saturated heterocycles. The van der Waals surface area contributed by atoms with E-state index in [1.54, 1.807) is 49.4 Å². The third kappa shape index (κ3) is 4.49. The first-order valence-corrected chi connectivity index (χ1v) is 11.4. The predicted octanol–water partition coefficient (Wildman–Crippen LogP) is 5.56. The van der Waals surface area contributed by atoms with Gasteiger partial charge in [-0.15, -0.1) is 0 Å². The lowest BCUT2D eigenvalue weighted by Gasteiger charge is -2.26. The van der Waals surface area contributed by atoms with Crippen LogP contribution in [0.25, 0.3) is 5.76 Å². The maximum Gasteiger partial charge on any atom is 0.300 e. The first-order chi connectivity index (χ1) is 16.9. The minimum atomic E-state index is -1.17.